The Morgan fingerprint density at radius 1 is 1.33 bits per heavy atom. The van der Waals surface area contributed by atoms with Gasteiger partial charge in [-0.15, -0.1) is 0 Å². The summed E-state index contributed by atoms with van der Waals surface area (Å²) in [5.41, 5.74) is 0.691. The summed E-state index contributed by atoms with van der Waals surface area (Å²) in [4.78, 5) is 12.2. The van der Waals surface area contributed by atoms with E-state index in [1.807, 2.05) is 24.3 Å². The molecule has 0 bridgehead atoms. The van der Waals surface area contributed by atoms with Crippen LogP contribution in [-0.4, -0.2) is 21.9 Å². The highest BCUT2D eigenvalue weighted by atomic mass is 19.4. The van der Waals surface area contributed by atoms with Crippen LogP contribution in [0.2, 0.25) is 0 Å². The highest BCUT2D eigenvalue weighted by Crippen LogP contribution is 2.33. The molecule has 1 aliphatic carbocycles. The molecule has 128 valence electrons. The van der Waals surface area contributed by atoms with E-state index in [4.69, 9.17) is 4.74 Å². The first-order valence-corrected chi connectivity index (χ1v) is 7.81. The van der Waals surface area contributed by atoms with Crippen LogP contribution in [0.5, 0.6) is 0 Å². The van der Waals surface area contributed by atoms with Gasteiger partial charge >= 0.3 is 12.1 Å². The van der Waals surface area contributed by atoms with Crippen molar-refractivity contribution in [2.75, 3.05) is 0 Å². The fourth-order valence-electron chi connectivity index (χ4n) is 3.05. The zero-order valence-corrected chi connectivity index (χ0v) is 13.1. The largest absolute Gasteiger partial charge is 0.458 e. The van der Waals surface area contributed by atoms with Crippen LogP contribution in [0.3, 0.4) is 0 Å². The molecule has 7 heteroatoms. The SMILES string of the molecule is CCn1ncc(C(=O)OC2CCc3ccccc3C2)c1C(F)(F)F. The third-order valence-electron chi connectivity index (χ3n) is 4.20. The normalized spacial score (nSPS) is 17.4. The summed E-state index contributed by atoms with van der Waals surface area (Å²) in [5, 5.41) is 3.65. The maximum Gasteiger partial charge on any atom is 0.433 e. The van der Waals surface area contributed by atoms with Crippen LogP contribution in [0.4, 0.5) is 13.2 Å². The van der Waals surface area contributed by atoms with Crippen molar-refractivity contribution >= 4 is 5.97 Å². The van der Waals surface area contributed by atoms with Gasteiger partial charge < -0.3 is 4.74 Å². The first kappa shape index (κ1) is 16.5. The second kappa shape index (κ2) is 6.30. The zero-order chi connectivity index (χ0) is 17.3. The minimum atomic E-state index is -4.65. The monoisotopic (exact) mass is 338 g/mol. The van der Waals surface area contributed by atoms with Crippen molar-refractivity contribution in [2.45, 2.75) is 45.0 Å². The molecule has 1 aliphatic rings. The standard InChI is InChI=1S/C17H17F3N2O2/c1-2-22-15(17(18,19)20)14(10-21-22)16(23)24-13-8-7-11-5-3-4-6-12(11)9-13/h3-6,10,13H,2,7-9H2,1H3. The Kier molecular flexibility index (Phi) is 4.34. The van der Waals surface area contributed by atoms with Gasteiger partial charge in [-0.25, -0.2) is 4.79 Å². The number of esters is 1. The van der Waals surface area contributed by atoms with Crippen molar-refractivity contribution in [3.8, 4) is 0 Å². The second-order valence-electron chi connectivity index (χ2n) is 5.76. The summed E-state index contributed by atoms with van der Waals surface area (Å²) in [7, 11) is 0. The number of ether oxygens (including phenoxy) is 1. The molecule has 1 aromatic carbocycles. The van der Waals surface area contributed by atoms with Gasteiger partial charge in [0.2, 0.25) is 0 Å². The average Bonchev–Trinajstić information content (AvgIpc) is 2.99. The molecule has 4 nitrogen and oxygen atoms in total. The van der Waals surface area contributed by atoms with E-state index in [1.165, 1.54) is 12.5 Å². The molecule has 0 amide bonds. The van der Waals surface area contributed by atoms with Gasteiger partial charge in [-0.3, -0.25) is 4.68 Å². The smallest absolute Gasteiger partial charge is 0.433 e. The molecule has 0 aliphatic heterocycles. The number of fused-ring (bicyclic) bond motifs is 1. The number of benzene rings is 1. The highest BCUT2D eigenvalue weighted by Gasteiger charge is 2.40. The van der Waals surface area contributed by atoms with E-state index >= 15 is 0 Å². The number of halogens is 3. The van der Waals surface area contributed by atoms with Gasteiger partial charge in [0.15, 0.2) is 5.69 Å². The van der Waals surface area contributed by atoms with E-state index in [0.717, 1.165) is 22.9 Å². The second-order valence-corrected chi connectivity index (χ2v) is 5.76. The minimum Gasteiger partial charge on any atom is -0.458 e. The topological polar surface area (TPSA) is 44.1 Å². The molecule has 0 saturated carbocycles. The van der Waals surface area contributed by atoms with Gasteiger partial charge in [0, 0.05) is 13.0 Å². The van der Waals surface area contributed by atoms with Crippen molar-refractivity contribution in [3.63, 3.8) is 0 Å². The number of carbonyl (C=O) groups is 1. The fourth-order valence-corrected chi connectivity index (χ4v) is 3.05. The van der Waals surface area contributed by atoms with Crippen LogP contribution in [0.15, 0.2) is 30.5 Å². The third-order valence-corrected chi connectivity index (χ3v) is 4.20. The van der Waals surface area contributed by atoms with E-state index in [2.05, 4.69) is 5.10 Å². The van der Waals surface area contributed by atoms with Crippen molar-refractivity contribution in [1.82, 2.24) is 9.78 Å². The molecule has 0 radical (unpaired) electrons. The van der Waals surface area contributed by atoms with Crippen LogP contribution in [-0.2, 0) is 30.3 Å². The third kappa shape index (κ3) is 3.16. The molecular weight excluding hydrogens is 321 g/mol. The molecule has 2 aromatic rings. The molecular formula is C17H17F3N2O2. The van der Waals surface area contributed by atoms with Crippen molar-refractivity contribution < 1.29 is 22.7 Å². The van der Waals surface area contributed by atoms with Gasteiger partial charge in [-0.2, -0.15) is 18.3 Å². The van der Waals surface area contributed by atoms with Crippen molar-refractivity contribution in [3.05, 3.63) is 52.8 Å². The van der Waals surface area contributed by atoms with Gasteiger partial charge in [0.1, 0.15) is 11.7 Å². The first-order chi connectivity index (χ1) is 11.4. The van der Waals surface area contributed by atoms with Crippen molar-refractivity contribution in [1.29, 1.82) is 0 Å². The molecule has 1 unspecified atom stereocenters. The Hall–Kier alpha value is -2.31. The molecule has 0 saturated heterocycles. The molecule has 0 spiro atoms. The molecule has 3 rings (SSSR count). The van der Waals surface area contributed by atoms with E-state index in [-0.39, 0.29) is 6.54 Å². The predicted molar refractivity (Wildman–Crippen MR) is 80.6 cm³/mol. The van der Waals surface area contributed by atoms with Crippen LogP contribution < -0.4 is 0 Å². The number of hydrogen-bond acceptors (Lipinski definition) is 3. The summed E-state index contributed by atoms with van der Waals surface area (Å²) in [5.74, 6) is -0.966. The lowest BCUT2D eigenvalue weighted by Crippen LogP contribution is -2.27. The van der Waals surface area contributed by atoms with Crippen LogP contribution in [0, 0.1) is 0 Å². The summed E-state index contributed by atoms with van der Waals surface area (Å²) in [6.07, 6.45) is -2.27. The summed E-state index contributed by atoms with van der Waals surface area (Å²) < 4.78 is 45.7. The molecule has 1 atom stereocenters. The lowest BCUT2D eigenvalue weighted by atomic mass is 9.90. The Labute approximate surface area is 137 Å². The zero-order valence-electron chi connectivity index (χ0n) is 13.1. The summed E-state index contributed by atoms with van der Waals surface area (Å²) >= 11 is 0. The highest BCUT2D eigenvalue weighted by molar-refractivity contribution is 5.90. The fraction of sp³-hybridized carbons (Fsp3) is 0.412. The van der Waals surface area contributed by atoms with Gasteiger partial charge in [0.05, 0.1) is 6.20 Å². The molecule has 1 heterocycles. The summed E-state index contributed by atoms with van der Waals surface area (Å²) in [6.45, 7) is 1.56. The van der Waals surface area contributed by atoms with Crippen LogP contribution >= 0.6 is 0 Å². The Morgan fingerprint density at radius 2 is 2.04 bits per heavy atom. The number of aryl methyl sites for hydroxylation is 2. The lowest BCUT2D eigenvalue weighted by molar-refractivity contribution is -0.144. The van der Waals surface area contributed by atoms with Gasteiger partial charge in [-0.1, -0.05) is 24.3 Å². The van der Waals surface area contributed by atoms with Gasteiger partial charge in [0.25, 0.3) is 0 Å². The maximum atomic E-state index is 13.2. The molecule has 24 heavy (non-hydrogen) atoms. The lowest BCUT2D eigenvalue weighted by Gasteiger charge is -2.24. The molecule has 0 N–H and O–H groups in total. The Balaban J connectivity index is 1.78. The van der Waals surface area contributed by atoms with Gasteiger partial charge in [-0.05, 0) is 30.9 Å². The average molecular weight is 338 g/mol. The minimum absolute atomic E-state index is 0.0267. The Bertz CT molecular complexity index is 753. The van der Waals surface area contributed by atoms with Crippen LogP contribution in [0.1, 0.15) is 40.5 Å². The number of rotatable bonds is 3. The van der Waals surface area contributed by atoms with E-state index in [1.54, 1.807) is 0 Å². The Morgan fingerprint density at radius 3 is 2.71 bits per heavy atom. The number of aromatic nitrogens is 2. The predicted octanol–water partition coefficient (Wildman–Crippen LogP) is 3.64. The van der Waals surface area contributed by atoms with E-state index < -0.39 is 29.5 Å². The van der Waals surface area contributed by atoms with Crippen LogP contribution in [0.25, 0.3) is 0 Å². The number of nitrogens with zero attached hydrogens (tertiary/aromatic N) is 2. The molecule has 0 fully saturated rings. The quantitative estimate of drug-likeness (QED) is 0.803. The number of carbonyl (C=O) groups excluding carboxylic acids is 1. The van der Waals surface area contributed by atoms with E-state index in [0.29, 0.717) is 12.8 Å². The summed E-state index contributed by atoms with van der Waals surface area (Å²) in [6, 6.07) is 7.81. The maximum absolute atomic E-state index is 13.2. The number of hydrogen-bond donors (Lipinski definition) is 0. The van der Waals surface area contributed by atoms with E-state index in [9.17, 15) is 18.0 Å². The van der Waals surface area contributed by atoms with Crippen molar-refractivity contribution in [2.24, 2.45) is 0 Å². The first-order valence-electron chi connectivity index (χ1n) is 7.81. The molecule has 1 aromatic heterocycles. The number of alkyl halides is 3.